The van der Waals surface area contributed by atoms with Gasteiger partial charge in [0.25, 0.3) is 0 Å². The number of ether oxygens (including phenoxy) is 1. The number of piperidine rings is 1. The predicted molar refractivity (Wildman–Crippen MR) is 66.3 cm³/mol. The Kier molecular flexibility index (Phi) is 2.67. The van der Waals surface area contributed by atoms with Crippen molar-refractivity contribution in [2.75, 3.05) is 25.1 Å². The number of anilines is 1. The molecule has 98 valence electrons. The summed E-state index contributed by atoms with van der Waals surface area (Å²) in [6.45, 7) is 1.74. The molecule has 0 radical (unpaired) electrons. The van der Waals surface area contributed by atoms with E-state index in [1.54, 1.807) is 6.07 Å². The molecule has 4 nitrogen and oxygen atoms in total. The Bertz CT molecular complexity index is 584. The lowest BCUT2D eigenvalue weighted by molar-refractivity contribution is 0.0595. The van der Waals surface area contributed by atoms with Crippen molar-refractivity contribution in [1.82, 2.24) is 0 Å². The summed E-state index contributed by atoms with van der Waals surface area (Å²) in [7, 11) is 1.19. The van der Waals surface area contributed by atoms with E-state index in [0.717, 1.165) is 13.1 Å². The molecule has 1 aliphatic carbocycles. The normalized spacial score (nSPS) is 23.7. The molecule has 1 saturated carbocycles. The smallest absolute Gasteiger partial charge is 0.340 e. The highest BCUT2D eigenvalue weighted by molar-refractivity contribution is 5.91. The molecule has 0 bridgehead atoms. The molecule has 2 aliphatic rings. The zero-order chi connectivity index (χ0) is 13.6. The number of halogens is 1. The summed E-state index contributed by atoms with van der Waals surface area (Å²) in [6.07, 6.45) is 1.24. The van der Waals surface area contributed by atoms with Gasteiger partial charge in [0.15, 0.2) is 5.82 Å². The van der Waals surface area contributed by atoms with Crippen LogP contribution in [0, 0.1) is 29.0 Å². The molecule has 1 heterocycles. The summed E-state index contributed by atoms with van der Waals surface area (Å²) in [5.74, 6) is -0.165. The van der Waals surface area contributed by atoms with Crippen LogP contribution >= 0.6 is 0 Å². The number of hydrogen-bond acceptors (Lipinski definition) is 4. The average Bonchev–Trinajstić information content (AvgIpc) is 3.04. The van der Waals surface area contributed by atoms with Crippen LogP contribution in [0.25, 0.3) is 0 Å². The first-order valence-corrected chi connectivity index (χ1v) is 6.21. The van der Waals surface area contributed by atoms with Gasteiger partial charge in [-0.3, -0.25) is 0 Å². The Morgan fingerprint density at radius 1 is 1.47 bits per heavy atom. The van der Waals surface area contributed by atoms with Crippen molar-refractivity contribution < 1.29 is 13.9 Å². The van der Waals surface area contributed by atoms with Crippen molar-refractivity contribution in [3.8, 4) is 6.07 Å². The largest absolute Gasteiger partial charge is 0.465 e. The highest BCUT2D eigenvalue weighted by atomic mass is 19.1. The van der Waals surface area contributed by atoms with Gasteiger partial charge in [0.05, 0.1) is 18.4 Å². The van der Waals surface area contributed by atoms with E-state index in [9.17, 15) is 9.18 Å². The van der Waals surface area contributed by atoms with Gasteiger partial charge in [-0.2, -0.15) is 5.26 Å². The first-order chi connectivity index (χ1) is 9.15. The Labute approximate surface area is 110 Å². The third kappa shape index (κ3) is 1.84. The number of hydrogen-bond donors (Lipinski definition) is 0. The molecule has 0 amide bonds. The van der Waals surface area contributed by atoms with E-state index in [0.29, 0.717) is 17.5 Å². The van der Waals surface area contributed by atoms with Gasteiger partial charge in [0, 0.05) is 13.1 Å². The maximum Gasteiger partial charge on any atom is 0.340 e. The monoisotopic (exact) mass is 260 g/mol. The Morgan fingerprint density at radius 3 is 2.74 bits per heavy atom. The van der Waals surface area contributed by atoms with E-state index in [-0.39, 0.29) is 11.1 Å². The van der Waals surface area contributed by atoms with Gasteiger partial charge >= 0.3 is 5.97 Å². The molecule has 1 aromatic carbocycles. The lowest BCUT2D eigenvalue weighted by Crippen LogP contribution is -2.23. The fourth-order valence-electron chi connectivity index (χ4n) is 2.80. The Morgan fingerprint density at radius 2 is 2.16 bits per heavy atom. The molecular formula is C14H13FN2O2. The maximum absolute atomic E-state index is 14.2. The van der Waals surface area contributed by atoms with Crippen LogP contribution in [0.1, 0.15) is 22.3 Å². The molecule has 1 saturated heterocycles. The second-order valence-corrected chi connectivity index (χ2v) is 5.09. The van der Waals surface area contributed by atoms with E-state index < -0.39 is 11.8 Å². The van der Waals surface area contributed by atoms with E-state index >= 15 is 0 Å². The van der Waals surface area contributed by atoms with Crippen molar-refractivity contribution in [2.24, 2.45) is 11.8 Å². The van der Waals surface area contributed by atoms with Gasteiger partial charge in [-0.15, -0.1) is 0 Å². The van der Waals surface area contributed by atoms with Crippen molar-refractivity contribution in [3.05, 3.63) is 29.1 Å². The molecule has 2 atom stereocenters. The number of nitrogens with zero attached hydrogens (tertiary/aromatic N) is 2. The molecule has 1 aliphatic heterocycles. The number of methoxy groups -OCH3 is 1. The number of carbonyl (C=O) groups is 1. The average molecular weight is 260 g/mol. The van der Waals surface area contributed by atoms with Crippen molar-refractivity contribution in [1.29, 1.82) is 5.26 Å². The van der Waals surface area contributed by atoms with E-state index in [1.807, 2.05) is 11.0 Å². The van der Waals surface area contributed by atoms with Gasteiger partial charge in [0.2, 0.25) is 0 Å². The van der Waals surface area contributed by atoms with Crippen LogP contribution < -0.4 is 4.90 Å². The van der Waals surface area contributed by atoms with Gasteiger partial charge in [0.1, 0.15) is 11.6 Å². The van der Waals surface area contributed by atoms with Crippen molar-refractivity contribution in [3.63, 3.8) is 0 Å². The zero-order valence-electron chi connectivity index (χ0n) is 10.5. The van der Waals surface area contributed by atoms with E-state index in [2.05, 4.69) is 4.74 Å². The first-order valence-electron chi connectivity index (χ1n) is 6.21. The Balaban J connectivity index is 1.99. The van der Waals surface area contributed by atoms with Gasteiger partial charge in [-0.25, -0.2) is 9.18 Å². The minimum atomic E-state index is -0.785. The summed E-state index contributed by atoms with van der Waals surface area (Å²) < 4.78 is 18.7. The third-order valence-corrected chi connectivity index (χ3v) is 3.96. The fraction of sp³-hybridized carbons (Fsp3) is 0.429. The highest BCUT2D eigenvalue weighted by Crippen LogP contribution is 2.47. The van der Waals surface area contributed by atoms with Crippen LogP contribution in [0.5, 0.6) is 0 Å². The first kappa shape index (κ1) is 12.0. The van der Waals surface area contributed by atoms with Crippen LogP contribution in [0.4, 0.5) is 10.1 Å². The fourth-order valence-corrected chi connectivity index (χ4v) is 2.80. The number of fused-ring (bicyclic) bond motifs is 1. The Hall–Kier alpha value is -2.09. The molecule has 5 heteroatoms. The zero-order valence-corrected chi connectivity index (χ0v) is 10.5. The van der Waals surface area contributed by atoms with Crippen molar-refractivity contribution in [2.45, 2.75) is 6.42 Å². The van der Waals surface area contributed by atoms with E-state index in [1.165, 1.54) is 19.6 Å². The quantitative estimate of drug-likeness (QED) is 0.762. The summed E-state index contributed by atoms with van der Waals surface area (Å²) in [4.78, 5) is 13.4. The molecule has 0 spiro atoms. The second kappa shape index (κ2) is 4.23. The molecule has 2 fully saturated rings. The van der Waals surface area contributed by atoms with Crippen LogP contribution in [0.15, 0.2) is 12.1 Å². The molecular weight excluding hydrogens is 247 g/mol. The summed E-state index contributed by atoms with van der Waals surface area (Å²) in [5, 5.41) is 9.15. The highest BCUT2D eigenvalue weighted by Gasteiger charge is 2.45. The maximum atomic E-state index is 14.2. The number of nitriles is 1. The molecule has 0 N–H and O–H groups in total. The lowest BCUT2D eigenvalue weighted by atomic mass is 10.1. The van der Waals surface area contributed by atoms with Crippen LogP contribution in [-0.4, -0.2) is 26.2 Å². The predicted octanol–water partition coefficient (Wildman–Crippen LogP) is 1.94. The summed E-state index contributed by atoms with van der Waals surface area (Å²) in [5.41, 5.74) is 0.330. The molecule has 0 aromatic heterocycles. The minimum Gasteiger partial charge on any atom is -0.465 e. The third-order valence-electron chi connectivity index (χ3n) is 3.96. The summed E-state index contributed by atoms with van der Waals surface area (Å²) in [6, 6.07) is 4.89. The molecule has 19 heavy (non-hydrogen) atoms. The van der Waals surface area contributed by atoms with E-state index in [4.69, 9.17) is 5.26 Å². The number of rotatable bonds is 2. The number of benzene rings is 1. The number of carbonyl (C=O) groups excluding carboxylic acids is 1. The minimum absolute atomic E-state index is 0.0656. The topological polar surface area (TPSA) is 53.3 Å². The van der Waals surface area contributed by atoms with Gasteiger partial charge in [-0.05, 0) is 30.4 Å². The standard InChI is InChI=1S/C14H13FN2O2/c1-19-14(18)10-2-3-12(11(5-16)13(10)15)17-6-8-4-9(8)7-17/h2-3,8-9H,4,6-7H2,1H3/t8-,9?/m0/s1. The molecule has 1 aromatic rings. The molecule has 1 unspecified atom stereocenters. The SMILES string of the molecule is COC(=O)c1ccc(N2CC3C[C@H]3C2)c(C#N)c1F. The lowest BCUT2D eigenvalue weighted by Gasteiger charge is -2.22. The summed E-state index contributed by atoms with van der Waals surface area (Å²) >= 11 is 0. The molecule has 3 rings (SSSR count). The second-order valence-electron chi connectivity index (χ2n) is 5.09. The van der Waals surface area contributed by atoms with Gasteiger partial charge < -0.3 is 9.64 Å². The number of esters is 1. The van der Waals surface area contributed by atoms with Crippen LogP contribution in [0.2, 0.25) is 0 Å². The van der Waals surface area contributed by atoms with Crippen LogP contribution in [0.3, 0.4) is 0 Å². The van der Waals surface area contributed by atoms with Crippen LogP contribution in [-0.2, 0) is 4.74 Å². The van der Waals surface area contributed by atoms with Crippen molar-refractivity contribution >= 4 is 11.7 Å². The van der Waals surface area contributed by atoms with Gasteiger partial charge in [-0.1, -0.05) is 0 Å².